The molecule has 1 aliphatic rings. The second-order valence-electron chi connectivity index (χ2n) is 5.89. The number of carbonyl (C=O) groups excluding carboxylic acids is 1. The van der Waals surface area contributed by atoms with E-state index in [1.165, 1.54) is 0 Å². The molecule has 1 amide bonds. The number of anilines is 1. The first kappa shape index (κ1) is 17.6. The first-order valence-electron chi connectivity index (χ1n) is 6.86. The van der Waals surface area contributed by atoms with Crippen LogP contribution in [-0.4, -0.2) is 17.2 Å². The number of nitrogens with one attached hydrogen (secondary N) is 1. The van der Waals surface area contributed by atoms with Crippen molar-refractivity contribution in [2.45, 2.75) is 51.9 Å². The standard InChI is InChI=1S/C15H22N2O3.ClH/c1-5-8-15(4,16)13(18)17-10-6-7-11-12(9-10)20-14(2,3)19-11;/h6-7,9H,5,8,16H2,1-4H3,(H,17,18);1H. The summed E-state index contributed by atoms with van der Waals surface area (Å²) in [6, 6.07) is 5.32. The highest BCUT2D eigenvalue weighted by atomic mass is 35.5. The molecular weight excluding hydrogens is 292 g/mol. The lowest BCUT2D eigenvalue weighted by molar-refractivity contribution is -0.120. The zero-order chi connectivity index (χ0) is 15.0. The van der Waals surface area contributed by atoms with Crippen LogP contribution >= 0.6 is 12.4 Å². The highest BCUT2D eigenvalue weighted by Crippen LogP contribution is 2.40. The molecular formula is C15H23ClN2O3. The van der Waals surface area contributed by atoms with E-state index in [-0.39, 0.29) is 18.3 Å². The number of fused-ring (bicyclic) bond motifs is 1. The number of ether oxygens (including phenoxy) is 2. The smallest absolute Gasteiger partial charge is 0.246 e. The molecule has 0 spiro atoms. The molecule has 3 N–H and O–H groups in total. The lowest BCUT2D eigenvalue weighted by Gasteiger charge is -2.22. The van der Waals surface area contributed by atoms with Crippen LogP contribution < -0.4 is 20.5 Å². The molecule has 6 heteroatoms. The third-order valence-electron chi connectivity index (χ3n) is 3.20. The van der Waals surface area contributed by atoms with E-state index in [1.54, 1.807) is 25.1 Å². The summed E-state index contributed by atoms with van der Waals surface area (Å²) in [5, 5.41) is 2.82. The number of amides is 1. The molecule has 1 atom stereocenters. The summed E-state index contributed by atoms with van der Waals surface area (Å²) in [6.07, 6.45) is 1.49. The highest BCUT2D eigenvalue weighted by molar-refractivity contribution is 5.97. The molecule has 21 heavy (non-hydrogen) atoms. The van der Waals surface area contributed by atoms with Gasteiger partial charge < -0.3 is 20.5 Å². The quantitative estimate of drug-likeness (QED) is 0.895. The van der Waals surface area contributed by atoms with Crippen molar-refractivity contribution in [2.24, 2.45) is 5.73 Å². The van der Waals surface area contributed by atoms with E-state index < -0.39 is 11.3 Å². The monoisotopic (exact) mass is 314 g/mol. The van der Waals surface area contributed by atoms with Gasteiger partial charge in [-0.3, -0.25) is 4.79 Å². The summed E-state index contributed by atoms with van der Waals surface area (Å²) < 4.78 is 11.2. The third kappa shape index (κ3) is 4.02. The Bertz CT molecular complexity index is 530. The molecule has 1 aromatic carbocycles. The zero-order valence-electron chi connectivity index (χ0n) is 12.9. The van der Waals surface area contributed by atoms with E-state index in [0.717, 1.165) is 6.42 Å². The molecule has 0 saturated heterocycles. The Balaban J connectivity index is 0.00000220. The average molecular weight is 315 g/mol. The fourth-order valence-corrected chi connectivity index (χ4v) is 2.21. The maximum Gasteiger partial charge on any atom is 0.246 e. The van der Waals surface area contributed by atoms with Crippen molar-refractivity contribution < 1.29 is 14.3 Å². The highest BCUT2D eigenvalue weighted by Gasteiger charge is 2.32. The molecule has 1 aromatic rings. The van der Waals surface area contributed by atoms with Gasteiger partial charge in [0.2, 0.25) is 11.7 Å². The molecule has 0 saturated carbocycles. The Labute approximate surface area is 131 Å². The summed E-state index contributed by atoms with van der Waals surface area (Å²) >= 11 is 0. The van der Waals surface area contributed by atoms with Crippen LogP contribution in [0.25, 0.3) is 0 Å². The summed E-state index contributed by atoms with van der Waals surface area (Å²) in [5.41, 5.74) is 5.79. The van der Waals surface area contributed by atoms with E-state index >= 15 is 0 Å². The Hall–Kier alpha value is -1.46. The predicted octanol–water partition coefficient (Wildman–Crippen LogP) is 3.07. The second-order valence-corrected chi connectivity index (χ2v) is 5.89. The number of halogens is 1. The molecule has 1 aliphatic heterocycles. The fraction of sp³-hybridized carbons (Fsp3) is 0.533. The van der Waals surface area contributed by atoms with Gasteiger partial charge in [-0.15, -0.1) is 12.4 Å². The Morgan fingerprint density at radius 3 is 2.57 bits per heavy atom. The van der Waals surface area contributed by atoms with Crippen LogP contribution in [-0.2, 0) is 4.79 Å². The predicted molar refractivity (Wildman–Crippen MR) is 85.2 cm³/mol. The van der Waals surface area contributed by atoms with Crippen LogP contribution in [0.2, 0.25) is 0 Å². The Kier molecular flexibility index (Phi) is 5.12. The lowest BCUT2D eigenvalue weighted by Crippen LogP contribution is -2.48. The van der Waals surface area contributed by atoms with Crippen LogP contribution in [0.5, 0.6) is 11.5 Å². The zero-order valence-corrected chi connectivity index (χ0v) is 13.7. The van der Waals surface area contributed by atoms with Crippen molar-refractivity contribution in [1.82, 2.24) is 0 Å². The minimum Gasteiger partial charge on any atom is -0.449 e. The van der Waals surface area contributed by atoms with Crippen molar-refractivity contribution in [2.75, 3.05) is 5.32 Å². The molecule has 0 radical (unpaired) electrons. The van der Waals surface area contributed by atoms with Crippen molar-refractivity contribution in [1.29, 1.82) is 0 Å². The van der Waals surface area contributed by atoms with Crippen LogP contribution in [0, 0.1) is 0 Å². The molecule has 0 aromatic heterocycles. The van der Waals surface area contributed by atoms with Crippen molar-refractivity contribution in [3.8, 4) is 11.5 Å². The Morgan fingerprint density at radius 1 is 1.33 bits per heavy atom. The van der Waals surface area contributed by atoms with Gasteiger partial charge in [-0.25, -0.2) is 0 Å². The van der Waals surface area contributed by atoms with Crippen molar-refractivity contribution >= 4 is 24.0 Å². The van der Waals surface area contributed by atoms with E-state index in [2.05, 4.69) is 5.32 Å². The minimum atomic E-state index is -0.871. The van der Waals surface area contributed by atoms with Gasteiger partial charge in [-0.05, 0) is 25.5 Å². The van der Waals surface area contributed by atoms with Gasteiger partial charge in [-0.2, -0.15) is 0 Å². The van der Waals surface area contributed by atoms with Crippen molar-refractivity contribution in [3.63, 3.8) is 0 Å². The molecule has 0 aliphatic carbocycles. The van der Waals surface area contributed by atoms with Crippen LogP contribution in [0.1, 0.15) is 40.5 Å². The molecule has 1 unspecified atom stereocenters. The summed E-state index contributed by atoms with van der Waals surface area (Å²) in [7, 11) is 0. The minimum absolute atomic E-state index is 0. The number of nitrogens with two attached hydrogens (primary N) is 1. The number of carbonyl (C=O) groups is 1. The third-order valence-corrected chi connectivity index (χ3v) is 3.20. The molecule has 118 valence electrons. The largest absolute Gasteiger partial charge is 0.449 e. The van der Waals surface area contributed by atoms with E-state index in [0.29, 0.717) is 23.6 Å². The van der Waals surface area contributed by atoms with Crippen molar-refractivity contribution in [3.05, 3.63) is 18.2 Å². The normalized spacial score (nSPS) is 17.6. The first-order valence-corrected chi connectivity index (χ1v) is 6.86. The van der Waals surface area contributed by atoms with Gasteiger partial charge >= 0.3 is 0 Å². The SMILES string of the molecule is CCCC(C)(N)C(=O)Nc1ccc2c(c1)OC(C)(C)O2.Cl. The second kappa shape index (κ2) is 6.12. The topological polar surface area (TPSA) is 73.6 Å². The lowest BCUT2D eigenvalue weighted by atomic mass is 9.96. The number of hydrogen-bond acceptors (Lipinski definition) is 4. The molecule has 0 fully saturated rings. The van der Waals surface area contributed by atoms with Gasteiger partial charge in [0, 0.05) is 25.6 Å². The van der Waals surface area contributed by atoms with Crippen LogP contribution in [0.15, 0.2) is 18.2 Å². The molecule has 1 heterocycles. The number of benzene rings is 1. The van der Waals surface area contributed by atoms with E-state index in [4.69, 9.17) is 15.2 Å². The van der Waals surface area contributed by atoms with Gasteiger partial charge in [0.1, 0.15) is 0 Å². The molecule has 2 rings (SSSR count). The average Bonchev–Trinajstić information content (AvgIpc) is 2.62. The first-order chi connectivity index (χ1) is 9.23. The molecule has 5 nitrogen and oxygen atoms in total. The van der Waals surface area contributed by atoms with Gasteiger partial charge in [-0.1, -0.05) is 13.3 Å². The maximum atomic E-state index is 12.1. The molecule has 0 bridgehead atoms. The van der Waals surface area contributed by atoms with Gasteiger partial charge in [0.15, 0.2) is 11.5 Å². The summed E-state index contributed by atoms with van der Waals surface area (Å²) in [5.74, 6) is 0.437. The summed E-state index contributed by atoms with van der Waals surface area (Å²) in [4.78, 5) is 12.1. The van der Waals surface area contributed by atoms with E-state index in [1.807, 2.05) is 20.8 Å². The number of rotatable bonds is 4. The van der Waals surface area contributed by atoms with Gasteiger partial charge in [0.05, 0.1) is 5.54 Å². The maximum absolute atomic E-state index is 12.1. The summed E-state index contributed by atoms with van der Waals surface area (Å²) in [6.45, 7) is 7.41. The fourth-order valence-electron chi connectivity index (χ4n) is 2.21. The Morgan fingerprint density at radius 2 is 1.95 bits per heavy atom. The van der Waals surface area contributed by atoms with Crippen LogP contribution in [0.3, 0.4) is 0 Å². The van der Waals surface area contributed by atoms with E-state index in [9.17, 15) is 4.79 Å². The number of hydrogen-bond donors (Lipinski definition) is 2. The van der Waals surface area contributed by atoms with Gasteiger partial charge in [0.25, 0.3) is 0 Å². The van der Waals surface area contributed by atoms with Crippen LogP contribution in [0.4, 0.5) is 5.69 Å².